The van der Waals surface area contributed by atoms with Crippen molar-refractivity contribution in [2.45, 2.75) is 57.4 Å². The smallest absolute Gasteiger partial charge is 0.325 e. The largest absolute Gasteiger partial charge is 0.367 e. The molecular formula is C20H22ClN3O3. The molecule has 1 aromatic carbocycles. The summed E-state index contributed by atoms with van der Waals surface area (Å²) in [6, 6.07) is 6.96. The van der Waals surface area contributed by atoms with Crippen LogP contribution in [-0.2, 0) is 16.1 Å². The maximum atomic E-state index is 13.4. The first-order valence-corrected chi connectivity index (χ1v) is 9.31. The molecule has 2 aromatic rings. The Hall–Kier alpha value is -2.18. The van der Waals surface area contributed by atoms with Gasteiger partial charge < -0.3 is 10.1 Å². The first kappa shape index (κ1) is 18.2. The summed E-state index contributed by atoms with van der Waals surface area (Å²) < 4.78 is 6.08. The molecule has 0 bridgehead atoms. The van der Waals surface area contributed by atoms with Gasteiger partial charge in [-0.05, 0) is 39.8 Å². The van der Waals surface area contributed by atoms with Crippen molar-refractivity contribution >= 4 is 34.4 Å². The molecule has 2 aliphatic heterocycles. The number of amides is 3. The highest BCUT2D eigenvalue weighted by Gasteiger charge is 2.67. The van der Waals surface area contributed by atoms with Crippen molar-refractivity contribution in [3.8, 4) is 0 Å². The summed E-state index contributed by atoms with van der Waals surface area (Å²) in [7, 11) is 0. The van der Waals surface area contributed by atoms with Gasteiger partial charge in [0.05, 0.1) is 23.3 Å². The number of hydrogen-bond acceptors (Lipinski definition) is 4. The van der Waals surface area contributed by atoms with Gasteiger partial charge in [-0.25, -0.2) is 4.79 Å². The maximum absolute atomic E-state index is 13.4. The molecule has 4 rings (SSSR count). The number of urea groups is 1. The van der Waals surface area contributed by atoms with E-state index in [0.717, 1.165) is 5.39 Å². The third-order valence-electron chi connectivity index (χ3n) is 5.56. The van der Waals surface area contributed by atoms with Gasteiger partial charge in [-0.1, -0.05) is 23.7 Å². The zero-order valence-corrected chi connectivity index (χ0v) is 16.6. The third-order valence-corrected chi connectivity index (χ3v) is 5.92. The van der Waals surface area contributed by atoms with Crippen LogP contribution in [0.15, 0.2) is 30.5 Å². The number of halogens is 1. The third kappa shape index (κ3) is 2.62. The van der Waals surface area contributed by atoms with Gasteiger partial charge in [-0.15, -0.1) is 0 Å². The van der Waals surface area contributed by atoms with E-state index in [2.05, 4.69) is 10.3 Å². The molecule has 0 saturated carbocycles. The Morgan fingerprint density at radius 3 is 2.63 bits per heavy atom. The Labute approximate surface area is 162 Å². The molecule has 3 heterocycles. The minimum atomic E-state index is -1.09. The van der Waals surface area contributed by atoms with Crippen LogP contribution in [0.1, 0.15) is 39.7 Å². The van der Waals surface area contributed by atoms with Crippen molar-refractivity contribution in [2.24, 2.45) is 0 Å². The van der Waals surface area contributed by atoms with E-state index in [1.54, 1.807) is 12.3 Å². The fourth-order valence-electron chi connectivity index (χ4n) is 4.45. The molecule has 2 saturated heterocycles. The molecule has 0 unspecified atom stereocenters. The number of nitrogens with zero attached hydrogens (tertiary/aromatic N) is 2. The Balaban J connectivity index is 1.74. The number of fused-ring (bicyclic) bond motifs is 1. The molecule has 27 heavy (non-hydrogen) atoms. The number of pyridine rings is 1. The number of hydrogen-bond donors (Lipinski definition) is 1. The first-order chi connectivity index (χ1) is 12.6. The number of imide groups is 1. The van der Waals surface area contributed by atoms with Crippen LogP contribution in [0.4, 0.5) is 4.79 Å². The highest BCUT2D eigenvalue weighted by Crippen LogP contribution is 2.48. The van der Waals surface area contributed by atoms with E-state index in [4.69, 9.17) is 16.3 Å². The Bertz CT molecular complexity index is 972. The average molecular weight is 388 g/mol. The van der Waals surface area contributed by atoms with Crippen LogP contribution in [0.3, 0.4) is 0 Å². The summed E-state index contributed by atoms with van der Waals surface area (Å²) in [5, 5.41) is 4.30. The van der Waals surface area contributed by atoms with Crippen LogP contribution in [0.2, 0.25) is 5.02 Å². The normalized spacial score (nSPS) is 26.2. The predicted octanol–water partition coefficient (Wildman–Crippen LogP) is 3.66. The van der Waals surface area contributed by atoms with Crippen molar-refractivity contribution in [1.29, 1.82) is 0 Å². The lowest BCUT2D eigenvalue weighted by molar-refractivity contribution is -0.138. The standard InChI is InChI=1S/C20H22ClN3O3/c1-18(2)11-20(19(3,4)27-18)16(25)24(17(26)23-20)10-13-14(21)8-7-12-6-5-9-22-15(12)13/h5-9H,10-11H2,1-4H3,(H,23,26)/t20-/m0/s1. The number of carbonyl (C=O) groups is 2. The molecular weight excluding hydrogens is 366 g/mol. The van der Waals surface area contributed by atoms with Crippen molar-refractivity contribution in [3.05, 3.63) is 41.0 Å². The van der Waals surface area contributed by atoms with E-state index in [9.17, 15) is 9.59 Å². The minimum absolute atomic E-state index is 0.0656. The second-order valence-electron chi connectivity index (χ2n) is 8.38. The number of rotatable bonds is 2. The lowest BCUT2D eigenvalue weighted by Gasteiger charge is -2.33. The van der Waals surface area contributed by atoms with Crippen LogP contribution in [0.25, 0.3) is 10.9 Å². The van der Waals surface area contributed by atoms with Crippen LogP contribution >= 0.6 is 11.6 Å². The van der Waals surface area contributed by atoms with Gasteiger partial charge in [0.15, 0.2) is 5.54 Å². The van der Waals surface area contributed by atoms with Crippen molar-refractivity contribution in [2.75, 3.05) is 0 Å². The lowest BCUT2D eigenvalue weighted by atomic mass is 9.79. The summed E-state index contributed by atoms with van der Waals surface area (Å²) in [4.78, 5) is 31.8. The molecule has 142 valence electrons. The summed E-state index contributed by atoms with van der Waals surface area (Å²) in [5.41, 5.74) is -1.07. The van der Waals surface area contributed by atoms with Gasteiger partial charge in [0.2, 0.25) is 0 Å². The second-order valence-corrected chi connectivity index (χ2v) is 8.78. The van der Waals surface area contributed by atoms with Gasteiger partial charge in [0, 0.05) is 28.6 Å². The van der Waals surface area contributed by atoms with Gasteiger partial charge >= 0.3 is 6.03 Å². The van der Waals surface area contributed by atoms with Gasteiger partial charge in [-0.3, -0.25) is 14.7 Å². The van der Waals surface area contributed by atoms with Crippen molar-refractivity contribution in [1.82, 2.24) is 15.2 Å². The van der Waals surface area contributed by atoms with Crippen LogP contribution in [0.5, 0.6) is 0 Å². The van der Waals surface area contributed by atoms with Crippen LogP contribution in [0, 0.1) is 0 Å². The predicted molar refractivity (Wildman–Crippen MR) is 102 cm³/mol. The van der Waals surface area contributed by atoms with Crippen LogP contribution < -0.4 is 5.32 Å². The van der Waals surface area contributed by atoms with E-state index in [1.165, 1.54) is 4.90 Å². The lowest BCUT2D eigenvalue weighted by Crippen LogP contribution is -2.59. The summed E-state index contributed by atoms with van der Waals surface area (Å²) in [6.07, 6.45) is 2.08. The Morgan fingerprint density at radius 2 is 1.96 bits per heavy atom. The number of benzene rings is 1. The van der Waals surface area contributed by atoms with E-state index >= 15 is 0 Å². The number of nitrogens with one attached hydrogen (secondary N) is 1. The molecule has 0 radical (unpaired) electrons. The van der Waals surface area contributed by atoms with Gasteiger partial charge in [0.1, 0.15) is 0 Å². The van der Waals surface area contributed by atoms with Crippen LogP contribution in [-0.4, -0.2) is 38.6 Å². The zero-order valence-electron chi connectivity index (χ0n) is 15.8. The molecule has 1 N–H and O–H groups in total. The van der Waals surface area contributed by atoms with E-state index in [1.807, 2.05) is 45.9 Å². The maximum Gasteiger partial charge on any atom is 0.325 e. The molecule has 2 aliphatic rings. The fraction of sp³-hybridized carbons (Fsp3) is 0.450. The second kappa shape index (κ2) is 5.66. The molecule has 1 aromatic heterocycles. The van der Waals surface area contributed by atoms with Crippen molar-refractivity contribution in [3.63, 3.8) is 0 Å². The van der Waals surface area contributed by atoms with Crippen molar-refractivity contribution < 1.29 is 14.3 Å². The molecule has 1 atom stereocenters. The average Bonchev–Trinajstić information content (AvgIpc) is 2.92. The number of ether oxygens (including phenoxy) is 1. The fourth-order valence-corrected chi connectivity index (χ4v) is 4.66. The SMILES string of the molecule is CC1(C)C[C@@]2(NC(=O)N(Cc3c(Cl)ccc4cccnc34)C2=O)C(C)(C)O1. The van der Waals surface area contributed by atoms with E-state index in [0.29, 0.717) is 22.5 Å². The highest BCUT2D eigenvalue weighted by atomic mass is 35.5. The monoisotopic (exact) mass is 387 g/mol. The van der Waals surface area contributed by atoms with Gasteiger partial charge in [-0.2, -0.15) is 0 Å². The topological polar surface area (TPSA) is 71.5 Å². The van der Waals surface area contributed by atoms with E-state index in [-0.39, 0.29) is 12.5 Å². The Kier molecular flexibility index (Phi) is 3.81. The Morgan fingerprint density at radius 1 is 1.22 bits per heavy atom. The van der Waals surface area contributed by atoms with Gasteiger partial charge in [0.25, 0.3) is 5.91 Å². The first-order valence-electron chi connectivity index (χ1n) is 8.93. The summed E-state index contributed by atoms with van der Waals surface area (Å²) in [5.74, 6) is -0.285. The highest BCUT2D eigenvalue weighted by molar-refractivity contribution is 6.32. The molecule has 2 fully saturated rings. The van der Waals surface area contributed by atoms with E-state index < -0.39 is 22.8 Å². The molecule has 7 heteroatoms. The number of carbonyl (C=O) groups excluding carboxylic acids is 2. The zero-order chi connectivity index (χ0) is 19.6. The quantitative estimate of drug-likeness (QED) is 0.798. The summed E-state index contributed by atoms with van der Waals surface area (Å²) in [6.45, 7) is 7.61. The molecule has 6 nitrogen and oxygen atoms in total. The summed E-state index contributed by atoms with van der Waals surface area (Å²) >= 11 is 6.40. The molecule has 3 amide bonds. The minimum Gasteiger partial charge on any atom is -0.367 e. The number of aromatic nitrogens is 1. The molecule has 0 aliphatic carbocycles. The molecule has 1 spiro atoms.